The van der Waals surface area contributed by atoms with Gasteiger partial charge in [-0.05, 0) is 43.8 Å². The van der Waals surface area contributed by atoms with E-state index < -0.39 is 0 Å². The second kappa shape index (κ2) is 8.40. The van der Waals surface area contributed by atoms with Gasteiger partial charge < -0.3 is 19.1 Å². The molecule has 0 aliphatic carbocycles. The van der Waals surface area contributed by atoms with Gasteiger partial charge in [0.2, 0.25) is 0 Å². The first kappa shape index (κ1) is 17.8. The molecule has 25 heavy (non-hydrogen) atoms. The third-order valence-corrected chi connectivity index (χ3v) is 4.82. The SMILES string of the molecule is CCOc1ccc(C=C2SC(N3CCOCC3)=NC2=O)c(OCC)c1. The molecule has 1 saturated heterocycles. The van der Waals surface area contributed by atoms with Crippen molar-refractivity contribution in [3.05, 3.63) is 28.7 Å². The fraction of sp³-hybridized carbons (Fsp3) is 0.444. The minimum absolute atomic E-state index is 0.206. The molecule has 7 heteroatoms. The highest BCUT2D eigenvalue weighted by molar-refractivity contribution is 8.18. The lowest BCUT2D eigenvalue weighted by Gasteiger charge is -2.27. The number of morpholine rings is 1. The van der Waals surface area contributed by atoms with Crippen LogP contribution in [0.4, 0.5) is 0 Å². The average molecular weight is 362 g/mol. The summed E-state index contributed by atoms with van der Waals surface area (Å²) in [5.74, 6) is 1.25. The van der Waals surface area contributed by atoms with Crippen molar-refractivity contribution in [1.82, 2.24) is 4.90 Å². The van der Waals surface area contributed by atoms with E-state index in [0.29, 0.717) is 37.1 Å². The van der Waals surface area contributed by atoms with Gasteiger partial charge in [-0.1, -0.05) is 0 Å². The van der Waals surface area contributed by atoms with Gasteiger partial charge in [-0.2, -0.15) is 4.99 Å². The third kappa shape index (κ3) is 4.35. The number of hydrogen-bond acceptors (Lipinski definition) is 6. The van der Waals surface area contributed by atoms with Crippen molar-refractivity contribution in [1.29, 1.82) is 0 Å². The van der Waals surface area contributed by atoms with E-state index in [9.17, 15) is 4.79 Å². The summed E-state index contributed by atoms with van der Waals surface area (Å²) in [6, 6.07) is 5.64. The van der Waals surface area contributed by atoms with Gasteiger partial charge in [-0.15, -0.1) is 0 Å². The van der Waals surface area contributed by atoms with E-state index in [0.717, 1.165) is 29.6 Å². The Balaban J connectivity index is 1.79. The van der Waals surface area contributed by atoms with Crippen LogP contribution in [0.25, 0.3) is 6.08 Å². The Morgan fingerprint density at radius 1 is 1.24 bits per heavy atom. The molecule has 3 rings (SSSR count). The van der Waals surface area contributed by atoms with Crippen molar-refractivity contribution in [2.75, 3.05) is 39.5 Å². The Morgan fingerprint density at radius 3 is 2.72 bits per heavy atom. The molecule has 2 aliphatic heterocycles. The van der Waals surface area contributed by atoms with Crippen LogP contribution < -0.4 is 9.47 Å². The van der Waals surface area contributed by atoms with Crippen LogP contribution in [0.15, 0.2) is 28.1 Å². The molecule has 1 amide bonds. The van der Waals surface area contributed by atoms with Crippen molar-refractivity contribution in [2.24, 2.45) is 4.99 Å². The number of benzene rings is 1. The van der Waals surface area contributed by atoms with E-state index in [-0.39, 0.29) is 5.91 Å². The Bertz CT molecular complexity index is 696. The largest absolute Gasteiger partial charge is 0.494 e. The van der Waals surface area contributed by atoms with Crippen LogP contribution in [0.5, 0.6) is 11.5 Å². The molecule has 0 bridgehead atoms. The van der Waals surface area contributed by atoms with Gasteiger partial charge in [0.1, 0.15) is 11.5 Å². The molecule has 134 valence electrons. The number of carbonyl (C=O) groups is 1. The summed E-state index contributed by atoms with van der Waals surface area (Å²) in [5.41, 5.74) is 0.847. The quantitative estimate of drug-likeness (QED) is 0.751. The van der Waals surface area contributed by atoms with E-state index in [4.69, 9.17) is 14.2 Å². The summed E-state index contributed by atoms with van der Waals surface area (Å²) in [7, 11) is 0. The molecule has 6 nitrogen and oxygen atoms in total. The molecule has 0 saturated carbocycles. The Hall–Kier alpha value is -1.99. The summed E-state index contributed by atoms with van der Waals surface area (Å²) >= 11 is 1.41. The zero-order valence-corrected chi connectivity index (χ0v) is 15.3. The molecular weight excluding hydrogens is 340 g/mol. The summed E-state index contributed by atoms with van der Waals surface area (Å²) in [5, 5.41) is 0.753. The smallest absolute Gasteiger partial charge is 0.286 e. The molecular formula is C18H22N2O4S. The van der Waals surface area contributed by atoms with Crippen LogP contribution in [0, 0.1) is 0 Å². The van der Waals surface area contributed by atoms with Crippen molar-refractivity contribution in [2.45, 2.75) is 13.8 Å². The normalized spacial score (nSPS) is 19.3. The van der Waals surface area contributed by atoms with Crippen LogP contribution in [0.2, 0.25) is 0 Å². The average Bonchev–Trinajstić information content (AvgIpc) is 2.99. The zero-order chi connectivity index (χ0) is 17.6. The predicted molar refractivity (Wildman–Crippen MR) is 99.2 cm³/mol. The van der Waals surface area contributed by atoms with E-state index in [1.54, 1.807) is 0 Å². The first-order chi connectivity index (χ1) is 12.2. The lowest BCUT2D eigenvalue weighted by atomic mass is 10.1. The van der Waals surface area contributed by atoms with Gasteiger partial charge in [0.25, 0.3) is 5.91 Å². The second-order valence-electron chi connectivity index (χ2n) is 5.48. The standard InChI is InChI=1S/C18H22N2O4S/c1-3-23-14-6-5-13(15(12-14)24-4-2)11-16-17(21)19-18(25-16)20-7-9-22-10-8-20/h5-6,11-12H,3-4,7-10H2,1-2H3. The van der Waals surface area contributed by atoms with Crippen molar-refractivity contribution >= 4 is 28.9 Å². The highest BCUT2D eigenvalue weighted by Gasteiger charge is 2.27. The monoisotopic (exact) mass is 362 g/mol. The summed E-state index contributed by atoms with van der Waals surface area (Å²) in [6.45, 7) is 7.87. The summed E-state index contributed by atoms with van der Waals surface area (Å²) < 4.78 is 16.6. The first-order valence-electron chi connectivity index (χ1n) is 8.46. The number of carbonyl (C=O) groups excluding carboxylic acids is 1. The van der Waals surface area contributed by atoms with Crippen LogP contribution in [-0.4, -0.2) is 55.5 Å². The number of hydrogen-bond donors (Lipinski definition) is 0. The Labute approximate surface area is 151 Å². The maximum Gasteiger partial charge on any atom is 0.286 e. The topological polar surface area (TPSA) is 60.4 Å². The molecule has 0 aromatic heterocycles. The molecule has 0 unspecified atom stereocenters. The number of amidine groups is 1. The van der Waals surface area contributed by atoms with E-state index in [1.165, 1.54) is 11.8 Å². The molecule has 1 aromatic rings. The molecule has 2 heterocycles. The van der Waals surface area contributed by atoms with E-state index in [1.807, 2.05) is 38.1 Å². The van der Waals surface area contributed by atoms with Crippen molar-refractivity contribution < 1.29 is 19.0 Å². The van der Waals surface area contributed by atoms with Crippen LogP contribution in [-0.2, 0) is 9.53 Å². The van der Waals surface area contributed by atoms with Gasteiger partial charge >= 0.3 is 0 Å². The Morgan fingerprint density at radius 2 is 2.00 bits per heavy atom. The maximum absolute atomic E-state index is 12.3. The Kier molecular flexibility index (Phi) is 5.99. The van der Waals surface area contributed by atoms with Gasteiger partial charge in [0, 0.05) is 24.7 Å². The van der Waals surface area contributed by atoms with Crippen LogP contribution in [0.1, 0.15) is 19.4 Å². The number of thioether (sulfide) groups is 1. The first-order valence-corrected chi connectivity index (χ1v) is 9.27. The molecule has 0 spiro atoms. The number of nitrogens with zero attached hydrogens (tertiary/aromatic N) is 2. The number of ether oxygens (including phenoxy) is 3. The van der Waals surface area contributed by atoms with Gasteiger partial charge in [-0.25, -0.2) is 0 Å². The van der Waals surface area contributed by atoms with E-state index >= 15 is 0 Å². The third-order valence-electron chi connectivity index (χ3n) is 3.77. The lowest BCUT2D eigenvalue weighted by Crippen LogP contribution is -2.38. The van der Waals surface area contributed by atoms with Gasteiger partial charge in [-0.3, -0.25) is 4.79 Å². The van der Waals surface area contributed by atoms with Gasteiger partial charge in [0.15, 0.2) is 5.17 Å². The fourth-order valence-corrected chi connectivity index (χ4v) is 3.56. The maximum atomic E-state index is 12.3. The predicted octanol–water partition coefficient (Wildman–Crippen LogP) is 2.79. The minimum atomic E-state index is -0.206. The summed E-state index contributed by atoms with van der Waals surface area (Å²) in [6.07, 6.45) is 1.84. The molecule has 1 aromatic carbocycles. The zero-order valence-electron chi connectivity index (χ0n) is 14.5. The lowest BCUT2D eigenvalue weighted by molar-refractivity contribution is -0.113. The minimum Gasteiger partial charge on any atom is -0.494 e. The number of aliphatic imine (C=N–C) groups is 1. The second-order valence-corrected chi connectivity index (χ2v) is 6.48. The van der Waals surface area contributed by atoms with Gasteiger partial charge in [0.05, 0.1) is 31.3 Å². The van der Waals surface area contributed by atoms with Crippen LogP contribution in [0.3, 0.4) is 0 Å². The summed E-state index contributed by atoms with van der Waals surface area (Å²) in [4.78, 5) is 19.2. The highest BCUT2D eigenvalue weighted by atomic mass is 32.2. The van der Waals surface area contributed by atoms with Crippen molar-refractivity contribution in [3.63, 3.8) is 0 Å². The molecule has 0 radical (unpaired) electrons. The number of amides is 1. The van der Waals surface area contributed by atoms with Crippen LogP contribution >= 0.6 is 11.8 Å². The molecule has 0 atom stereocenters. The molecule has 0 N–H and O–H groups in total. The highest BCUT2D eigenvalue weighted by Crippen LogP contribution is 2.34. The van der Waals surface area contributed by atoms with E-state index in [2.05, 4.69) is 9.89 Å². The molecule has 1 fully saturated rings. The fourth-order valence-electron chi connectivity index (χ4n) is 2.60. The van der Waals surface area contributed by atoms with Crippen molar-refractivity contribution in [3.8, 4) is 11.5 Å². The number of rotatable bonds is 5. The molecule has 2 aliphatic rings.